The number of methoxy groups -OCH3 is 1. The third-order valence-corrected chi connectivity index (χ3v) is 9.60. The van der Waals surface area contributed by atoms with E-state index >= 15 is 0 Å². The van der Waals surface area contributed by atoms with Gasteiger partial charge in [0, 0.05) is 36.4 Å². The number of hydrogen-bond donors (Lipinski definition) is 3. The van der Waals surface area contributed by atoms with Crippen LogP contribution in [0.1, 0.15) is 66.5 Å². The standard InChI is InChI=1S/C36H43N3O7/c1-5-22-14-21(3)15-23(6-2)33(22)37-30(40)19-38-18-27(25-16-28(44-4)35-29(17-25)45-20-46-35)32(36(42)43)34(38)24-9-11-26(12-10-24)39-13-7-8-31(39)41/h9-12,14-17,27,31-32,34,41H,5-8,13,18-20H2,1-4H3,(H,37,40)(H,42,43)/t27-,31?,32-,34+/m1/s1. The maximum Gasteiger partial charge on any atom is 0.309 e. The number of hydrogen-bond acceptors (Lipinski definition) is 8. The van der Waals surface area contributed by atoms with E-state index in [0.717, 1.165) is 71.4 Å². The molecule has 3 aromatic rings. The molecule has 0 bridgehead atoms. The number of ether oxygens (including phenoxy) is 3. The van der Waals surface area contributed by atoms with Crippen molar-refractivity contribution in [2.45, 2.75) is 64.6 Å². The van der Waals surface area contributed by atoms with Gasteiger partial charge in [0.1, 0.15) is 6.23 Å². The van der Waals surface area contributed by atoms with Gasteiger partial charge in [0.05, 0.1) is 19.6 Å². The lowest BCUT2D eigenvalue weighted by Crippen LogP contribution is -2.35. The zero-order valence-electron chi connectivity index (χ0n) is 26.9. The highest BCUT2D eigenvalue weighted by molar-refractivity contribution is 5.94. The lowest BCUT2D eigenvalue weighted by molar-refractivity contribution is -0.143. The average molecular weight is 630 g/mol. The molecule has 3 aliphatic rings. The molecule has 4 atom stereocenters. The maximum atomic E-state index is 13.8. The van der Waals surface area contributed by atoms with Gasteiger partial charge in [-0.1, -0.05) is 43.7 Å². The average Bonchev–Trinajstić information content (AvgIpc) is 3.79. The molecule has 0 aliphatic carbocycles. The number of aliphatic carboxylic acids is 1. The van der Waals surface area contributed by atoms with Crippen LogP contribution in [0.2, 0.25) is 0 Å². The first-order chi connectivity index (χ1) is 22.2. The molecule has 3 N–H and O–H groups in total. The number of benzene rings is 3. The number of aliphatic hydroxyl groups excluding tert-OH is 1. The number of nitrogens with zero attached hydrogens (tertiary/aromatic N) is 2. The number of aliphatic hydroxyl groups is 1. The molecule has 10 heteroatoms. The van der Waals surface area contributed by atoms with Gasteiger partial charge < -0.3 is 34.6 Å². The molecule has 0 spiro atoms. The van der Waals surface area contributed by atoms with Crippen molar-refractivity contribution in [1.29, 1.82) is 0 Å². The van der Waals surface area contributed by atoms with Crippen LogP contribution >= 0.6 is 0 Å². The molecular formula is C36H43N3O7. The van der Waals surface area contributed by atoms with Crippen molar-refractivity contribution in [3.8, 4) is 17.2 Å². The van der Waals surface area contributed by atoms with Crippen LogP contribution in [0.15, 0.2) is 48.5 Å². The van der Waals surface area contributed by atoms with E-state index in [9.17, 15) is 19.8 Å². The molecule has 3 aromatic carbocycles. The smallest absolute Gasteiger partial charge is 0.309 e. The largest absolute Gasteiger partial charge is 0.493 e. The predicted molar refractivity (Wildman–Crippen MR) is 175 cm³/mol. The highest BCUT2D eigenvalue weighted by atomic mass is 16.7. The lowest BCUT2D eigenvalue weighted by atomic mass is 9.82. The zero-order chi connectivity index (χ0) is 32.5. The molecule has 1 unspecified atom stereocenters. The number of fused-ring (bicyclic) bond motifs is 1. The Hall–Kier alpha value is -4.28. The zero-order valence-corrected chi connectivity index (χ0v) is 26.9. The normalized spacial score (nSPS) is 22.3. The lowest BCUT2D eigenvalue weighted by Gasteiger charge is -2.28. The van der Waals surface area contributed by atoms with E-state index in [-0.39, 0.29) is 19.2 Å². The van der Waals surface area contributed by atoms with Gasteiger partial charge in [-0.3, -0.25) is 14.5 Å². The second-order valence-corrected chi connectivity index (χ2v) is 12.4. The molecule has 3 heterocycles. The molecule has 6 rings (SSSR count). The second-order valence-electron chi connectivity index (χ2n) is 12.4. The van der Waals surface area contributed by atoms with Crippen LogP contribution < -0.4 is 24.4 Å². The highest BCUT2D eigenvalue weighted by Gasteiger charge is 2.48. The monoisotopic (exact) mass is 629 g/mol. The van der Waals surface area contributed by atoms with E-state index in [1.807, 2.05) is 46.2 Å². The molecule has 1 amide bonds. The summed E-state index contributed by atoms with van der Waals surface area (Å²) >= 11 is 0. The van der Waals surface area contributed by atoms with Crippen molar-refractivity contribution >= 4 is 23.3 Å². The number of nitrogens with one attached hydrogen (secondary N) is 1. The van der Waals surface area contributed by atoms with Gasteiger partial charge in [0.2, 0.25) is 18.4 Å². The van der Waals surface area contributed by atoms with Gasteiger partial charge in [0.25, 0.3) is 0 Å². The number of rotatable bonds is 10. The van der Waals surface area contributed by atoms with Gasteiger partial charge in [0.15, 0.2) is 11.5 Å². The summed E-state index contributed by atoms with van der Waals surface area (Å²) in [6.45, 7) is 7.39. The molecule has 10 nitrogen and oxygen atoms in total. The summed E-state index contributed by atoms with van der Waals surface area (Å²) in [6.07, 6.45) is 2.66. The van der Waals surface area contributed by atoms with E-state index in [4.69, 9.17) is 14.2 Å². The van der Waals surface area contributed by atoms with Crippen molar-refractivity contribution in [3.63, 3.8) is 0 Å². The molecule has 2 saturated heterocycles. The summed E-state index contributed by atoms with van der Waals surface area (Å²) in [5.41, 5.74) is 6.59. The summed E-state index contributed by atoms with van der Waals surface area (Å²) in [7, 11) is 1.54. The number of carbonyl (C=O) groups is 2. The van der Waals surface area contributed by atoms with Crippen LogP contribution in [0, 0.1) is 12.8 Å². The van der Waals surface area contributed by atoms with E-state index < -0.39 is 30.1 Å². The molecule has 0 radical (unpaired) electrons. The summed E-state index contributed by atoms with van der Waals surface area (Å²) < 4.78 is 16.9. The Morgan fingerprint density at radius 2 is 1.74 bits per heavy atom. The third-order valence-electron chi connectivity index (χ3n) is 9.60. The quantitative estimate of drug-likeness (QED) is 0.276. The van der Waals surface area contributed by atoms with Gasteiger partial charge in [-0.15, -0.1) is 0 Å². The molecule has 3 aliphatic heterocycles. The fourth-order valence-corrected chi connectivity index (χ4v) is 7.43. The Morgan fingerprint density at radius 1 is 1.02 bits per heavy atom. The fourth-order valence-electron chi connectivity index (χ4n) is 7.43. The molecule has 0 aromatic heterocycles. The van der Waals surface area contributed by atoms with E-state index in [1.54, 1.807) is 7.11 Å². The van der Waals surface area contributed by atoms with E-state index in [2.05, 4.69) is 38.2 Å². The van der Waals surface area contributed by atoms with Crippen LogP contribution in [0.5, 0.6) is 17.2 Å². The van der Waals surface area contributed by atoms with Crippen molar-refractivity contribution in [1.82, 2.24) is 4.90 Å². The van der Waals surface area contributed by atoms with Crippen LogP contribution in [0.3, 0.4) is 0 Å². The van der Waals surface area contributed by atoms with E-state index in [1.165, 1.54) is 0 Å². The summed E-state index contributed by atoms with van der Waals surface area (Å²) in [5.74, 6) is -0.974. The van der Waals surface area contributed by atoms with Crippen LogP contribution in [-0.4, -0.2) is 66.8 Å². The minimum atomic E-state index is -0.950. The van der Waals surface area contributed by atoms with Gasteiger partial charge in [-0.05, 0) is 79.1 Å². The van der Waals surface area contributed by atoms with Crippen LogP contribution in [0.25, 0.3) is 0 Å². The van der Waals surface area contributed by atoms with Gasteiger partial charge >= 0.3 is 5.97 Å². The maximum absolute atomic E-state index is 13.8. The Kier molecular flexibility index (Phi) is 9.11. The minimum absolute atomic E-state index is 0.0133. The van der Waals surface area contributed by atoms with Crippen LogP contribution in [-0.2, 0) is 22.4 Å². The van der Waals surface area contributed by atoms with Gasteiger partial charge in [-0.2, -0.15) is 0 Å². The number of amides is 1. The van der Waals surface area contributed by atoms with Crippen molar-refractivity contribution in [2.24, 2.45) is 5.92 Å². The Morgan fingerprint density at radius 3 is 2.35 bits per heavy atom. The number of aryl methyl sites for hydroxylation is 3. The van der Waals surface area contributed by atoms with Gasteiger partial charge in [-0.25, -0.2) is 0 Å². The summed E-state index contributed by atoms with van der Waals surface area (Å²) in [5, 5.41) is 24.4. The fraction of sp³-hybridized carbons (Fsp3) is 0.444. The summed E-state index contributed by atoms with van der Waals surface area (Å²) in [6, 6.07) is 15.0. The minimum Gasteiger partial charge on any atom is -0.493 e. The third kappa shape index (κ3) is 5.99. The number of carboxylic acids is 1. The number of carbonyl (C=O) groups excluding carboxylic acids is 1. The Bertz CT molecular complexity index is 1580. The molecule has 244 valence electrons. The predicted octanol–water partition coefficient (Wildman–Crippen LogP) is 5.26. The summed E-state index contributed by atoms with van der Waals surface area (Å²) in [4.78, 5) is 30.9. The van der Waals surface area contributed by atoms with Crippen molar-refractivity contribution in [3.05, 3.63) is 76.3 Å². The first kappa shape index (κ1) is 31.7. The van der Waals surface area contributed by atoms with Crippen molar-refractivity contribution < 1.29 is 34.0 Å². The molecule has 2 fully saturated rings. The second kappa shape index (κ2) is 13.2. The Labute approximate surface area is 269 Å². The molecule has 46 heavy (non-hydrogen) atoms. The number of carboxylic acid groups (broad SMARTS) is 1. The van der Waals surface area contributed by atoms with Crippen LogP contribution in [0.4, 0.5) is 11.4 Å². The highest BCUT2D eigenvalue weighted by Crippen LogP contribution is 2.50. The number of anilines is 2. The first-order valence-corrected chi connectivity index (χ1v) is 16.1. The molecule has 0 saturated carbocycles. The number of likely N-dealkylation sites (tertiary alicyclic amines) is 1. The Balaban J connectivity index is 1.36. The molecular weight excluding hydrogens is 586 g/mol. The van der Waals surface area contributed by atoms with Crippen molar-refractivity contribution in [2.75, 3.05) is 43.8 Å². The topological polar surface area (TPSA) is 121 Å². The first-order valence-electron chi connectivity index (χ1n) is 16.1. The SMILES string of the molecule is CCc1cc(C)cc(CC)c1NC(=O)CN1C[C@H](c2cc(OC)c3c(c2)OCO3)[C@@H](C(=O)O)[C@@H]1c1ccc(N2CCCC2O)cc1. The van der Waals surface area contributed by atoms with E-state index in [0.29, 0.717) is 23.8 Å².